The van der Waals surface area contributed by atoms with Gasteiger partial charge < -0.3 is 4.57 Å². The Morgan fingerprint density at radius 2 is 0.966 bits per heavy atom. The van der Waals surface area contributed by atoms with Gasteiger partial charge in [-0.1, -0.05) is 162 Å². The van der Waals surface area contributed by atoms with Crippen molar-refractivity contribution in [1.29, 1.82) is 0 Å². The van der Waals surface area contributed by atoms with Gasteiger partial charge in [0.15, 0.2) is 11.6 Å². The molecule has 0 N–H and O–H groups in total. The van der Waals surface area contributed by atoms with Crippen LogP contribution in [0.4, 0.5) is 0 Å². The second kappa shape index (κ2) is 13.1. The maximum atomic E-state index is 5.20. The third-order valence-corrected chi connectivity index (χ3v) is 13.3. The van der Waals surface area contributed by atoms with Crippen LogP contribution in [0, 0.1) is 5.92 Å². The van der Waals surface area contributed by atoms with Gasteiger partial charge in [0.1, 0.15) is 0 Å². The number of nitrogens with zero attached hydrogens (tertiary/aromatic N) is 5. The van der Waals surface area contributed by atoms with Gasteiger partial charge in [-0.2, -0.15) is 9.97 Å². The normalized spacial score (nSPS) is 15.9. The molecule has 7 aromatic carbocycles. The number of rotatable bonds is 5. The van der Waals surface area contributed by atoms with Crippen LogP contribution in [0.1, 0.15) is 52.2 Å². The van der Waals surface area contributed by atoms with Crippen LogP contribution in [-0.4, -0.2) is 24.1 Å². The zero-order valence-corrected chi connectivity index (χ0v) is 34.1. The SMILES string of the molecule is CC1CC(C)(C)c2ccc(-c3ccc(-n4c5ccccc5c5cc6c7ccccc7n(-c7nc(-c8ccccc8)nc(-c8ccccc8)n7)c6cc54)cc3)cc2C1(C)C. The molecule has 0 aliphatic heterocycles. The number of hydrogen-bond donors (Lipinski definition) is 0. The first-order chi connectivity index (χ1) is 28.7. The van der Waals surface area contributed by atoms with Gasteiger partial charge in [-0.25, -0.2) is 4.98 Å². The molecule has 3 heterocycles. The van der Waals surface area contributed by atoms with Crippen LogP contribution in [0.25, 0.3) is 89.2 Å². The highest BCUT2D eigenvalue weighted by Gasteiger charge is 2.42. The average molecular weight is 764 g/mol. The van der Waals surface area contributed by atoms with Crippen molar-refractivity contribution in [2.45, 2.75) is 51.9 Å². The molecular weight excluding hydrogens is 719 g/mol. The first-order valence-corrected chi connectivity index (χ1v) is 20.8. The molecule has 1 aliphatic carbocycles. The molecule has 59 heavy (non-hydrogen) atoms. The molecule has 1 atom stereocenters. The Kier molecular flexibility index (Phi) is 7.83. The van der Waals surface area contributed by atoms with Crippen LogP contribution in [0.5, 0.6) is 0 Å². The van der Waals surface area contributed by atoms with E-state index in [0.717, 1.165) is 44.1 Å². The summed E-state index contributed by atoms with van der Waals surface area (Å²) in [6.07, 6.45) is 1.20. The van der Waals surface area contributed by atoms with E-state index in [1.807, 2.05) is 36.4 Å². The highest BCUT2D eigenvalue weighted by atomic mass is 15.2. The largest absolute Gasteiger partial charge is 0.309 e. The fourth-order valence-electron chi connectivity index (χ4n) is 9.87. The van der Waals surface area contributed by atoms with Gasteiger partial charge >= 0.3 is 0 Å². The maximum Gasteiger partial charge on any atom is 0.238 e. The summed E-state index contributed by atoms with van der Waals surface area (Å²) in [5.41, 5.74) is 13.1. The minimum absolute atomic E-state index is 0.116. The van der Waals surface area contributed by atoms with Crippen LogP contribution in [0.3, 0.4) is 0 Å². The van der Waals surface area contributed by atoms with E-state index in [1.54, 1.807) is 0 Å². The highest BCUT2D eigenvalue weighted by Crippen LogP contribution is 2.50. The lowest BCUT2D eigenvalue weighted by molar-refractivity contribution is 0.233. The maximum absolute atomic E-state index is 5.20. The molecule has 286 valence electrons. The van der Waals surface area contributed by atoms with E-state index < -0.39 is 0 Å². The first-order valence-electron chi connectivity index (χ1n) is 20.8. The van der Waals surface area contributed by atoms with Crippen LogP contribution in [-0.2, 0) is 10.8 Å². The van der Waals surface area contributed by atoms with Crippen molar-refractivity contribution in [3.63, 3.8) is 0 Å². The summed E-state index contributed by atoms with van der Waals surface area (Å²) in [5.74, 6) is 2.46. The van der Waals surface area contributed by atoms with Gasteiger partial charge in [0.05, 0.1) is 22.1 Å². The lowest BCUT2D eigenvalue weighted by atomic mass is 9.58. The Bertz CT molecular complexity index is 3180. The molecule has 0 amide bonds. The summed E-state index contributed by atoms with van der Waals surface area (Å²) in [5, 5.41) is 4.73. The molecule has 5 nitrogen and oxygen atoms in total. The van der Waals surface area contributed by atoms with E-state index in [2.05, 4.69) is 171 Å². The monoisotopic (exact) mass is 763 g/mol. The van der Waals surface area contributed by atoms with Gasteiger partial charge in [-0.05, 0) is 81.8 Å². The molecule has 3 aromatic heterocycles. The molecule has 5 heteroatoms. The molecule has 11 rings (SSSR count). The number of hydrogen-bond acceptors (Lipinski definition) is 3. The summed E-state index contributed by atoms with van der Waals surface area (Å²) in [7, 11) is 0. The molecule has 1 unspecified atom stereocenters. The number of benzene rings is 7. The quantitative estimate of drug-likeness (QED) is 0.175. The van der Waals surface area contributed by atoms with Crippen LogP contribution in [0.2, 0.25) is 0 Å². The van der Waals surface area contributed by atoms with E-state index in [0.29, 0.717) is 23.5 Å². The summed E-state index contributed by atoms with van der Waals surface area (Å²) >= 11 is 0. The zero-order valence-electron chi connectivity index (χ0n) is 34.1. The topological polar surface area (TPSA) is 48.5 Å². The van der Waals surface area contributed by atoms with Crippen LogP contribution >= 0.6 is 0 Å². The van der Waals surface area contributed by atoms with Gasteiger partial charge in [-0.3, -0.25) is 4.57 Å². The standard InChI is InChI=1S/C54H45N5/c1-34-33-53(2,3)44-29-26-38(30-45(44)54(34,4)5)35-24-27-39(28-25-35)58-46-22-14-12-20-40(46)42-31-43-41-21-13-15-23-47(41)59(49(43)32-48(42)58)52-56-50(36-16-8-6-9-17-36)55-51(57-52)37-18-10-7-11-19-37/h6-32,34H,33H2,1-5H3. The minimum Gasteiger partial charge on any atom is -0.309 e. The molecule has 0 saturated heterocycles. The van der Waals surface area contributed by atoms with E-state index in [-0.39, 0.29) is 10.8 Å². The van der Waals surface area contributed by atoms with Crippen molar-refractivity contribution in [3.8, 4) is 45.5 Å². The van der Waals surface area contributed by atoms with Crippen molar-refractivity contribution < 1.29 is 0 Å². The zero-order chi connectivity index (χ0) is 40.0. The summed E-state index contributed by atoms with van der Waals surface area (Å²) < 4.78 is 4.63. The third kappa shape index (κ3) is 5.55. The molecule has 0 spiro atoms. The number of aromatic nitrogens is 5. The summed E-state index contributed by atoms with van der Waals surface area (Å²) in [6.45, 7) is 12.1. The lowest BCUT2D eigenvalue weighted by Gasteiger charge is -2.46. The van der Waals surface area contributed by atoms with Gasteiger partial charge in [0.25, 0.3) is 0 Å². The molecule has 10 aromatic rings. The minimum atomic E-state index is 0.116. The number of para-hydroxylation sites is 2. The third-order valence-electron chi connectivity index (χ3n) is 13.3. The van der Waals surface area contributed by atoms with Gasteiger partial charge in [-0.15, -0.1) is 0 Å². The average Bonchev–Trinajstić information content (AvgIpc) is 3.77. The Morgan fingerprint density at radius 3 is 1.58 bits per heavy atom. The Balaban J connectivity index is 1.11. The Labute approximate surface area is 344 Å². The van der Waals surface area contributed by atoms with Crippen molar-refractivity contribution in [2.24, 2.45) is 5.92 Å². The summed E-state index contributed by atoms with van der Waals surface area (Å²) in [6, 6.07) is 58.7. The predicted octanol–water partition coefficient (Wildman–Crippen LogP) is 13.7. The van der Waals surface area contributed by atoms with Gasteiger partial charge in [0, 0.05) is 38.4 Å². The number of fused-ring (bicyclic) bond motifs is 7. The molecular formula is C54H45N5. The highest BCUT2D eigenvalue weighted by molar-refractivity contribution is 6.19. The molecule has 0 saturated carbocycles. The van der Waals surface area contributed by atoms with Crippen molar-refractivity contribution >= 4 is 43.6 Å². The van der Waals surface area contributed by atoms with Crippen LogP contribution in [0.15, 0.2) is 164 Å². The van der Waals surface area contributed by atoms with Gasteiger partial charge in [0.2, 0.25) is 5.95 Å². The van der Waals surface area contributed by atoms with E-state index in [4.69, 9.17) is 15.0 Å². The molecule has 0 bridgehead atoms. The van der Waals surface area contributed by atoms with Crippen molar-refractivity contribution in [2.75, 3.05) is 0 Å². The van der Waals surface area contributed by atoms with Crippen molar-refractivity contribution in [3.05, 3.63) is 175 Å². The Hall–Kier alpha value is -6.85. The summed E-state index contributed by atoms with van der Waals surface area (Å²) in [4.78, 5) is 15.4. The molecule has 0 radical (unpaired) electrons. The fraction of sp³-hybridized carbons (Fsp3) is 0.167. The second-order valence-electron chi connectivity index (χ2n) is 17.6. The van der Waals surface area contributed by atoms with E-state index in [1.165, 1.54) is 45.0 Å². The molecule has 1 aliphatic rings. The molecule has 0 fully saturated rings. The Morgan fingerprint density at radius 1 is 0.441 bits per heavy atom. The second-order valence-corrected chi connectivity index (χ2v) is 17.6. The predicted molar refractivity (Wildman–Crippen MR) is 245 cm³/mol. The lowest BCUT2D eigenvalue weighted by Crippen LogP contribution is -2.40. The van der Waals surface area contributed by atoms with E-state index in [9.17, 15) is 0 Å². The fourth-order valence-corrected chi connectivity index (χ4v) is 9.87. The smallest absolute Gasteiger partial charge is 0.238 e. The van der Waals surface area contributed by atoms with Crippen LogP contribution < -0.4 is 0 Å². The first kappa shape index (κ1) is 35.3. The van der Waals surface area contributed by atoms with Crippen molar-refractivity contribution in [1.82, 2.24) is 24.1 Å². The van der Waals surface area contributed by atoms with E-state index >= 15 is 0 Å².